The SMILES string of the molecule is CC(=O)OC[C@H]1O[C@H](OCc2cn(Cc3ccc[cH-]3)nn2)[C@@H](OC(C)=O)[C@@H](OC(C)=O)[C@@H]1OC(C)=O.CC(=O)OC[C@H]1O[C@H](OCc2cn(Cc3ccc[cH-]3)nn2)[C@@H](OC(C)=O)[C@@H](OC(C)=O)[C@@H]1OC(C)=O.[Fe+2]. The zero-order valence-electron chi connectivity index (χ0n) is 41.0. The van der Waals surface area contributed by atoms with Gasteiger partial charge in [-0.1, -0.05) is 10.4 Å². The van der Waals surface area contributed by atoms with E-state index < -0.39 is 109 Å². The third-order valence-electron chi connectivity index (χ3n) is 10.0. The molecule has 4 heterocycles. The van der Waals surface area contributed by atoms with Crippen molar-refractivity contribution < 1.29 is 112 Å². The van der Waals surface area contributed by atoms with Gasteiger partial charge in [0.15, 0.2) is 49.2 Å². The van der Waals surface area contributed by atoms with Crippen LogP contribution in [0.25, 0.3) is 0 Å². The van der Waals surface area contributed by atoms with E-state index in [2.05, 4.69) is 20.6 Å². The van der Waals surface area contributed by atoms with Gasteiger partial charge in [0.1, 0.15) is 36.8 Å². The van der Waals surface area contributed by atoms with Crippen molar-refractivity contribution in [2.45, 2.75) is 143 Å². The number of rotatable bonds is 20. The molecule has 2 aromatic heterocycles. The van der Waals surface area contributed by atoms with Crippen LogP contribution in [0.5, 0.6) is 0 Å². The molecule has 2 aliphatic heterocycles. The fraction of sp³-hybridized carbons (Fsp3) is 0.522. The second-order valence-corrected chi connectivity index (χ2v) is 16.2. The number of carbonyl (C=O) groups excluding carboxylic acids is 8. The summed E-state index contributed by atoms with van der Waals surface area (Å²) in [7, 11) is 0. The van der Waals surface area contributed by atoms with Crippen LogP contribution in [0.3, 0.4) is 0 Å². The minimum absolute atomic E-state index is 0. The zero-order chi connectivity index (χ0) is 52.5. The van der Waals surface area contributed by atoms with Crippen molar-refractivity contribution in [3.63, 3.8) is 0 Å². The summed E-state index contributed by atoms with van der Waals surface area (Å²) in [6.45, 7) is 9.43. The molecule has 0 spiro atoms. The topological polar surface area (TPSA) is 309 Å². The molecule has 0 radical (unpaired) electrons. The molecule has 0 N–H and O–H groups in total. The van der Waals surface area contributed by atoms with Crippen molar-refractivity contribution in [2.75, 3.05) is 13.2 Å². The average Bonchev–Trinajstić information content (AvgIpc) is 4.15. The molecule has 2 fully saturated rings. The standard InChI is InChI=1S/2C23H28N3O10.Fe/c2*1-13(27)31-12-19-20(33-14(2)28)21(34-15(3)29)22(35-16(4)30)23(36-19)32-11-18-10-26(25-24-18)9-17-7-5-6-8-17;/h2*5-8,10,19-23H,9,11-12H2,1-4H3;/q2*-1;+2/t2*19-,20-,21+,22+,23+;/m11./s1. The van der Waals surface area contributed by atoms with E-state index in [1.807, 2.05) is 48.5 Å². The maximum Gasteiger partial charge on any atom is 2.00 e. The Balaban J connectivity index is 0.000000312. The van der Waals surface area contributed by atoms with E-state index in [1.54, 1.807) is 21.8 Å². The van der Waals surface area contributed by atoms with Gasteiger partial charge in [0, 0.05) is 68.5 Å². The summed E-state index contributed by atoms with van der Waals surface area (Å²) in [5.74, 6) is -5.51. The van der Waals surface area contributed by atoms with Crippen LogP contribution in [-0.2, 0) is 139 Å². The maximum absolute atomic E-state index is 11.9. The van der Waals surface area contributed by atoms with Crippen LogP contribution in [0.15, 0.2) is 60.9 Å². The van der Waals surface area contributed by atoms with E-state index in [0.717, 1.165) is 52.7 Å². The molecule has 2 aromatic carbocycles. The molecule has 2 saturated heterocycles. The summed E-state index contributed by atoms with van der Waals surface area (Å²) in [6.07, 6.45) is -9.11. The summed E-state index contributed by atoms with van der Waals surface area (Å²) < 4.78 is 68.9. The van der Waals surface area contributed by atoms with Crippen LogP contribution in [0.2, 0.25) is 0 Å². The van der Waals surface area contributed by atoms with Crippen LogP contribution >= 0.6 is 0 Å². The fourth-order valence-corrected chi connectivity index (χ4v) is 7.36. The van der Waals surface area contributed by atoms with Crippen molar-refractivity contribution >= 4 is 47.8 Å². The Kier molecular flexibility index (Phi) is 22.8. The maximum atomic E-state index is 11.9. The molecule has 0 saturated carbocycles. The monoisotopic (exact) mass is 1070 g/mol. The van der Waals surface area contributed by atoms with E-state index in [4.69, 9.17) is 56.8 Å². The predicted molar refractivity (Wildman–Crippen MR) is 236 cm³/mol. The zero-order valence-corrected chi connectivity index (χ0v) is 42.1. The molecular weight excluding hydrogens is 1010 g/mol. The van der Waals surface area contributed by atoms with E-state index in [0.29, 0.717) is 24.5 Å². The van der Waals surface area contributed by atoms with Gasteiger partial charge in [0.05, 0.1) is 25.6 Å². The van der Waals surface area contributed by atoms with Crippen molar-refractivity contribution in [3.05, 3.63) is 83.4 Å². The molecule has 27 heteroatoms. The van der Waals surface area contributed by atoms with Crippen LogP contribution in [0, 0.1) is 0 Å². The fourth-order valence-electron chi connectivity index (χ4n) is 7.36. The first-order valence-electron chi connectivity index (χ1n) is 22.3. The molecule has 0 unspecified atom stereocenters. The van der Waals surface area contributed by atoms with Gasteiger partial charge in [0.25, 0.3) is 0 Å². The Hall–Kier alpha value is -6.90. The molecule has 0 bridgehead atoms. The van der Waals surface area contributed by atoms with Gasteiger partial charge >= 0.3 is 64.8 Å². The number of aromatic nitrogens is 6. The number of nitrogens with zero attached hydrogens (tertiary/aromatic N) is 6. The molecule has 0 amide bonds. The van der Waals surface area contributed by atoms with Crippen molar-refractivity contribution in [3.8, 4) is 0 Å². The predicted octanol–water partition coefficient (Wildman–Crippen LogP) is 1.29. The Bertz CT molecular complexity index is 2280. The number of hydrogen-bond donors (Lipinski definition) is 0. The third-order valence-corrected chi connectivity index (χ3v) is 10.0. The van der Waals surface area contributed by atoms with Gasteiger partial charge in [0.2, 0.25) is 0 Å². The van der Waals surface area contributed by atoms with Crippen molar-refractivity contribution in [2.24, 2.45) is 0 Å². The second-order valence-electron chi connectivity index (χ2n) is 16.2. The Morgan fingerprint density at radius 3 is 1.12 bits per heavy atom. The van der Waals surface area contributed by atoms with E-state index in [-0.39, 0.29) is 43.5 Å². The first-order chi connectivity index (χ1) is 34.2. The van der Waals surface area contributed by atoms with Crippen LogP contribution < -0.4 is 0 Å². The van der Waals surface area contributed by atoms with Gasteiger partial charge in [-0.25, -0.2) is 33.6 Å². The Morgan fingerprint density at radius 2 is 0.822 bits per heavy atom. The third kappa shape index (κ3) is 18.9. The van der Waals surface area contributed by atoms with Gasteiger partial charge in [-0.15, -0.1) is 21.3 Å². The quantitative estimate of drug-likeness (QED) is 0.0521. The summed E-state index contributed by atoms with van der Waals surface area (Å²) in [5, 5.41) is 16.3. The summed E-state index contributed by atoms with van der Waals surface area (Å²) in [6, 6.07) is 15.5. The normalized spacial score (nSPS) is 23.2. The summed E-state index contributed by atoms with van der Waals surface area (Å²) in [5.41, 5.74) is 3.00. The second kappa shape index (κ2) is 28.4. The largest absolute Gasteiger partial charge is 2.00 e. The van der Waals surface area contributed by atoms with Gasteiger partial charge < -0.3 is 56.8 Å². The first kappa shape index (κ1) is 58.7. The van der Waals surface area contributed by atoms with Gasteiger partial charge in [-0.05, 0) is 0 Å². The molecule has 2 aliphatic rings. The molecule has 0 aliphatic carbocycles. The van der Waals surface area contributed by atoms with E-state index in [9.17, 15) is 38.4 Å². The molecule has 26 nitrogen and oxygen atoms in total. The van der Waals surface area contributed by atoms with E-state index >= 15 is 0 Å². The Labute approximate surface area is 428 Å². The first-order valence-corrected chi connectivity index (χ1v) is 22.3. The molecule has 4 aromatic rings. The van der Waals surface area contributed by atoms with E-state index in [1.165, 1.54) is 13.8 Å². The summed E-state index contributed by atoms with van der Waals surface area (Å²) >= 11 is 0. The van der Waals surface area contributed by atoms with Crippen LogP contribution in [-0.4, -0.2) is 152 Å². The molecule has 398 valence electrons. The molecular formula is C46H56FeN6O20. The minimum atomic E-state index is -1.30. The van der Waals surface area contributed by atoms with Gasteiger partial charge in [-0.3, -0.25) is 38.4 Å². The Morgan fingerprint density at radius 1 is 0.493 bits per heavy atom. The van der Waals surface area contributed by atoms with Gasteiger partial charge in [-0.2, -0.15) is 24.3 Å². The number of esters is 8. The van der Waals surface area contributed by atoms with Crippen LogP contribution in [0.4, 0.5) is 0 Å². The number of carbonyl (C=O) groups is 8. The number of hydrogen-bond acceptors (Lipinski definition) is 24. The summed E-state index contributed by atoms with van der Waals surface area (Å²) in [4.78, 5) is 93.9. The molecule has 73 heavy (non-hydrogen) atoms. The van der Waals surface area contributed by atoms with Crippen molar-refractivity contribution in [1.29, 1.82) is 0 Å². The minimum Gasteiger partial charge on any atom is -0.463 e. The molecule has 10 atom stereocenters. The molecule has 6 rings (SSSR count). The van der Waals surface area contributed by atoms with Crippen molar-refractivity contribution in [1.82, 2.24) is 30.0 Å². The van der Waals surface area contributed by atoms with Crippen LogP contribution in [0.1, 0.15) is 77.9 Å². The average molecular weight is 1070 g/mol. The number of ether oxygens (including phenoxy) is 12. The smallest absolute Gasteiger partial charge is 0.463 e.